The molecule has 0 aliphatic rings. The van der Waals surface area contributed by atoms with E-state index >= 15 is 0 Å². The van der Waals surface area contributed by atoms with Crippen LogP contribution in [-0.4, -0.2) is 29.0 Å². The number of hydrogen-bond acceptors (Lipinski definition) is 3. The van der Waals surface area contributed by atoms with Gasteiger partial charge in [0.25, 0.3) is 5.91 Å². The van der Waals surface area contributed by atoms with Crippen LogP contribution in [0.1, 0.15) is 36.2 Å². The molecule has 1 rings (SSSR count). The topological polar surface area (TPSA) is 70.6 Å². The van der Waals surface area contributed by atoms with E-state index in [-0.39, 0.29) is 29.0 Å². The van der Waals surface area contributed by atoms with E-state index in [0.717, 1.165) is 12.0 Å². The molecule has 2 amide bonds. The van der Waals surface area contributed by atoms with Crippen LogP contribution in [0.15, 0.2) is 23.2 Å². The van der Waals surface area contributed by atoms with Gasteiger partial charge in [0.2, 0.25) is 5.91 Å². The van der Waals surface area contributed by atoms with Crippen LogP contribution in [0.25, 0.3) is 0 Å². The van der Waals surface area contributed by atoms with Gasteiger partial charge in [-0.05, 0) is 67.2 Å². The molecule has 1 aromatic rings. The Balaban J connectivity index is 2.71. The van der Waals surface area contributed by atoms with E-state index in [1.54, 1.807) is 18.2 Å². The third-order valence-electron chi connectivity index (χ3n) is 2.97. The minimum Gasteiger partial charge on any atom is -0.352 e. The molecule has 0 aliphatic heterocycles. The second-order valence-corrected chi connectivity index (χ2v) is 5.88. The van der Waals surface area contributed by atoms with Crippen LogP contribution in [0.4, 0.5) is 5.69 Å². The predicted octanol–water partition coefficient (Wildman–Crippen LogP) is 3.10. The van der Waals surface area contributed by atoms with E-state index in [2.05, 4.69) is 15.6 Å². The molecule has 0 heterocycles. The van der Waals surface area contributed by atoms with Gasteiger partial charge in [-0.25, -0.2) is 4.99 Å². The lowest BCUT2D eigenvalue weighted by Crippen LogP contribution is -2.40. The molecular formula is C15H19Cl2N3O2. The third kappa shape index (κ3) is 6.45. The van der Waals surface area contributed by atoms with E-state index in [0.29, 0.717) is 11.3 Å². The standard InChI is InChI=1S/C15H19Cl2N3O2/c1-4-10(3)19-13(21)8-18-14(22)11-5-9(2)6-12(7-11)20-15(16)17/h5-7,10H,4,8H2,1-3H3,(H,18,22)(H,19,21). The molecule has 120 valence electrons. The number of aryl methyl sites for hydroxylation is 1. The van der Waals surface area contributed by atoms with Crippen molar-refractivity contribution < 1.29 is 9.59 Å². The fourth-order valence-electron chi connectivity index (χ4n) is 1.75. The number of carbonyl (C=O) groups is 2. The van der Waals surface area contributed by atoms with E-state index in [9.17, 15) is 9.59 Å². The van der Waals surface area contributed by atoms with Gasteiger partial charge in [-0.2, -0.15) is 0 Å². The normalized spacial score (nSPS) is 11.5. The van der Waals surface area contributed by atoms with Gasteiger partial charge >= 0.3 is 0 Å². The maximum atomic E-state index is 12.1. The van der Waals surface area contributed by atoms with E-state index in [1.807, 2.05) is 20.8 Å². The lowest BCUT2D eigenvalue weighted by Gasteiger charge is -2.12. The Hall–Kier alpha value is -1.59. The van der Waals surface area contributed by atoms with Crippen LogP contribution >= 0.6 is 23.2 Å². The highest BCUT2D eigenvalue weighted by Crippen LogP contribution is 2.19. The minimum absolute atomic E-state index is 0.0774. The second kappa shape index (κ2) is 8.76. The number of rotatable bonds is 6. The number of nitrogens with one attached hydrogen (secondary N) is 2. The fraction of sp³-hybridized carbons (Fsp3) is 0.400. The molecule has 2 N–H and O–H groups in total. The molecule has 1 aromatic carbocycles. The van der Waals surface area contributed by atoms with Gasteiger partial charge in [-0.1, -0.05) is 6.92 Å². The number of hydrogen-bond donors (Lipinski definition) is 2. The second-order valence-electron chi connectivity index (χ2n) is 4.97. The number of aliphatic imine (C=N–C) groups is 1. The van der Waals surface area contributed by atoms with E-state index < -0.39 is 0 Å². The summed E-state index contributed by atoms with van der Waals surface area (Å²) in [7, 11) is 0. The van der Waals surface area contributed by atoms with Crippen LogP contribution in [0.3, 0.4) is 0 Å². The number of carbonyl (C=O) groups excluding carboxylic acids is 2. The van der Waals surface area contributed by atoms with Gasteiger partial charge in [0.05, 0.1) is 12.2 Å². The monoisotopic (exact) mass is 343 g/mol. The van der Waals surface area contributed by atoms with Gasteiger partial charge < -0.3 is 10.6 Å². The first-order valence-corrected chi connectivity index (χ1v) is 7.66. The van der Waals surface area contributed by atoms with Gasteiger partial charge in [0.1, 0.15) is 0 Å². The summed E-state index contributed by atoms with van der Waals surface area (Å²) >= 11 is 11.0. The van der Waals surface area contributed by atoms with Crippen molar-refractivity contribution in [3.63, 3.8) is 0 Å². The Morgan fingerprint density at radius 2 is 1.95 bits per heavy atom. The Kier molecular flexibility index (Phi) is 7.35. The maximum Gasteiger partial charge on any atom is 0.251 e. The lowest BCUT2D eigenvalue weighted by molar-refractivity contribution is -0.120. The summed E-state index contributed by atoms with van der Waals surface area (Å²) in [5, 5.41) is 5.35. The highest BCUT2D eigenvalue weighted by Gasteiger charge is 2.11. The molecule has 0 saturated heterocycles. The van der Waals surface area contributed by atoms with Crippen molar-refractivity contribution >= 4 is 45.3 Å². The number of benzene rings is 1. The molecule has 0 spiro atoms. The Labute approximate surface area is 140 Å². The van der Waals surface area contributed by atoms with Gasteiger partial charge in [-0.15, -0.1) is 0 Å². The Morgan fingerprint density at radius 3 is 2.55 bits per heavy atom. The molecule has 5 nitrogen and oxygen atoms in total. The molecule has 0 radical (unpaired) electrons. The molecule has 7 heteroatoms. The minimum atomic E-state index is -0.356. The summed E-state index contributed by atoms with van der Waals surface area (Å²) in [6.45, 7) is 5.63. The van der Waals surface area contributed by atoms with Crippen molar-refractivity contribution in [1.29, 1.82) is 0 Å². The zero-order valence-electron chi connectivity index (χ0n) is 12.7. The number of halogens is 2. The number of nitrogens with zero attached hydrogens (tertiary/aromatic N) is 1. The molecule has 0 aromatic heterocycles. The number of amides is 2. The van der Waals surface area contributed by atoms with Crippen LogP contribution in [0.2, 0.25) is 0 Å². The third-order valence-corrected chi connectivity index (χ3v) is 3.14. The Bertz CT molecular complexity index is 584. The molecular weight excluding hydrogens is 325 g/mol. The Morgan fingerprint density at radius 1 is 1.27 bits per heavy atom. The van der Waals surface area contributed by atoms with Gasteiger partial charge in [0, 0.05) is 11.6 Å². The van der Waals surface area contributed by atoms with Crippen molar-refractivity contribution in [1.82, 2.24) is 10.6 Å². The van der Waals surface area contributed by atoms with Crippen LogP contribution in [0, 0.1) is 6.92 Å². The summed E-state index contributed by atoms with van der Waals surface area (Å²) in [6.07, 6.45) is 0.831. The van der Waals surface area contributed by atoms with Crippen molar-refractivity contribution in [3.8, 4) is 0 Å². The molecule has 22 heavy (non-hydrogen) atoms. The molecule has 0 saturated carbocycles. The molecule has 1 unspecified atom stereocenters. The zero-order valence-corrected chi connectivity index (χ0v) is 14.3. The smallest absolute Gasteiger partial charge is 0.251 e. The van der Waals surface area contributed by atoms with Crippen molar-refractivity contribution in [2.24, 2.45) is 4.99 Å². The average molecular weight is 344 g/mol. The van der Waals surface area contributed by atoms with Crippen LogP contribution in [0.5, 0.6) is 0 Å². The largest absolute Gasteiger partial charge is 0.352 e. The van der Waals surface area contributed by atoms with Crippen LogP contribution in [-0.2, 0) is 4.79 Å². The first-order valence-electron chi connectivity index (χ1n) is 6.90. The van der Waals surface area contributed by atoms with Crippen molar-refractivity contribution in [3.05, 3.63) is 29.3 Å². The quantitative estimate of drug-likeness (QED) is 0.779. The van der Waals surface area contributed by atoms with Crippen LogP contribution < -0.4 is 10.6 Å². The highest BCUT2D eigenvalue weighted by molar-refractivity contribution is 6.95. The molecule has 0 bridgehead atoms. The van der Waals surface area contributed by atoms with Gasteiger partial charge in [-0.3, -0.25) is 9.59 Å². The average Bonchev–Trinajstić information content (AvgIpc) is 2.43. The van der Waals surface area contributed by atoms with E-state index in [1.165, 1.54) is 0 Å². The summed E-state index contributed by atoms with van der Waals surface area (Å²) in [5.41, 5.74) is 1.71. The molecule has 0 fully saturated rings. The van der Waals surface area contributed by atoms with Crippen molar-refractivity contribution in [2.75, 3.05) is 6.54 Å². The first-order chi connectivity index (χ1) is 10.3. The molecule has 0 aliphatic carbocycles. The SMILES string of the molecule is CCC(C)NC(=O)CNC(=O)c1cc(C)cc(N=C(Cl)Cl)c1. The maximum absolute atomic E-state index is 12.1. The summed E-state index contributed by atoms with van der Waals surface area (Å²) in [6, 6.07) is 5.08. The predicted molar refractivity (Wildman–Crippen MR) is 90.2 cm³/mol. The first kappa shape index (κ1) is 18.5. The highest BCUT2D eigenvalue weighted by atomic mass is 35.5. The zero-order chi connectivity index (χ0) is 16.7. The lowest BCUT2D eigenvalue weighted by atomic mass is 10.1. The summed E-state index contributed by atoms with van der Waals surface area (Å²) in [5.74, 6) is -0.581. The molecule has 1 atom stereocenters. The van der Waals surface area contributed by atoms with E-state index in [4.69, 9.17) is 23.2 Å². The van der Waals surface area contributed by atoms with Gasteiger partial charge in [0.15, 0.2) is 4.63 Å². The summed E-state index contributed by atoms with van der Waals surface area (Å²) < 4.78 is -0.134. The fourth-order valence-corrected chi connectivity index (χ4v) is 1.94. The summed E-state index contributed by atoms with van der Waals surface area (Å²) in [4.78, 5) is 27.6. The van der Waals surface area contributed by atoms with Crippen molar-refractivity contribution in [2.45, 2.75) is 33.2 Å².